The number of nitrogens with one attached hydrogen (secondary N) is 1. The molecule has 156 valence electrons. The van der Waals surface area contributed by atoms with Crippen LogP contribution >= 0.6 is 11.3 Å². The van der Waals surface area contributed by atoms with Gasteiger partial charge in [0.05, 0.1) is 10.7 Å². The van der Waals surface area contributed by atoms with Gasteiger partial charge >= 0.3 is 0 Å². The largest absolute Gasteiger partial charge is 0.319 e. The van der Waals surface area contributed by atoms with Crippen LogP contribution in [0.1, 0.15) is 40.3 Å². The highest BCUT2D eigenvalue weighted by Gasteiger charge is 2.28. The van der Waals surface area contributed by atoms with Crippen molar-refractivity contribution < 1.29 is 13.2 Å². The lowest BCUT2D eigenvalue weighted by Gasteiger charge is -2.26. The second kappa shape index (κ2) is 9.07. The second-order valence-electron chi connectivity index (χ2n) is 7.20. The zero-order valence-corrected chi connectivity index (χ0v) is 18.1. The highest BCUT2D eigenvalue weighted by molar-refractivity contribution is 7.89. The predicted octanol–water partition coefficient (Wildman–Crippen LogP) is 4.16. The molecule has 0 radical (unpaired) electrons. The van der Waals surface area contributed by atoms with Crippen LogP contribution in [-0.4, -0.2) is 36.7 Å². The average Bonchev–Trinajstić information content (AvgIpc) is 3.24. The van der Waals surface area contributed by atoms with Gasteiger partial charge < -0.3 is 5.32 Å². The molecule has 1 N–H and O–H groups in total. The summed E-state index contributed by atoms with van der Waals surface area (Å²) in [7, 11) is -3.66. The van der Waals surface area contributed by atoms with Crippen molar-refractivity contribution in [2.75, 3.05) is 18.4 Å². The van der Waals surface area contributed by atoms with Crippen LogP contribution in [0.3, 0.4) is 0 Å². The first-order chi connectivity index (χ1) is 14.5. The minimum absolute atomic E-state index is 0.125. The molecule has 0 bridgehead atoms. The highest BCUT2D eigenvalue weighted by atomic mass is 32.2. The number of sulfonamides is 1. The van der Waals surface area contributed by atoms with Crippen molar-refractivity contribution in [3.8, 4) is 0 Å². The third-order valence-corrected chi connectivity index (χ3v) is 7.86. The fourth-order valence-electron chi connectivity index (χ4n) is 3.49. The average molecular weight is 442 g/mol. The van der Waals surface area contributed by atoms with Crippen LogP contribution in [0.4, 0.5) is 5.69 Å². The molecule has 2 heterocycles. The molecule has 8 heteroatoms. The van der Waals surface area contributed by atoms with Crippen molar-refractivity contribution in [3.63, 3.8) is 0 Å². The van der Waals surface area contributed by atoms with E-state index < -0.39 is 15.9 Å². The Labute approximate surface area is 180 Å². The number of nitrogens with zero attached hydrogens (tertiary/aromatic N) is 2. The van der Waals surface area contributed by atoms with Gasteiger partial charge in [-0.15, -0.1) is 11.3 Å². The van der Waals surface area contributed by atoms with Crippen LogP contribution < -0.4 is 5.32 Å². The standard InChI is InChI=1S/C22H23N3O3S2/c26-22(19-16-29-21(23-19)15-17-9-3-1-4-10-17)24-18-11-5-6-12-20(18)30(27,28)25-13-7-2-8-14-25/h1,3-6,9-12,16H,2,7-8,13-15H2,(H,24,26). The number of anilines is 1. The van der Waals surface area contributed by atoms with E-state index in [4.69, 9.17) is 0 Å². The highest BCUT2D eigenvalue weighted by Crippen LogP contribution is 2.27. The van der Waals surface area contributed by atoms with Crippen LogP contribution in [-0.2, 0) is 16.4 Å². The third kappa shape index (κ3) is 4.61. The third-order valence-electron chi connectivity index (χ3n) is 5.05. The number of amides is 1. The summed E-state index contributed by atoms with van der Waals surface area (Å²) in [4.78, 5) is 17.3. The minimum atomic E-state index is -3.66. The first-order valence-corrected chi connectivity index (χ1v) is 12.2. The summed E-state index contributed by atoms with van der Waals surface area (Å²) >= 11 is 1.42. The van der Waals surface area contributed by atoms with E-state index in [2.05, 4.69) is 10.3 Å². The van der Waals surface area contributed by atoms with Gasteiger partial charge in [0.25, 0.3) is 5.91 Å². The number of carbonyl (C=O) groups is 1. The van der Waals surface area contributed by atoms with Crippen molar-refractivity contribution in [1.29, 1.82) is 0 Å². The van der Waals surface area contributed by atoms with Gasteiger partial charge in [-0.1, -0.05) is 48.9 Å². The first kappa shape index (κ1) is 20.7. The molecule has 30 heavy (non-hydrogen) atoms. The van der Waals surface area contributed by atoms with Crippen LogP contribution in [0.2, 0.25) is 0 Å². The molecule has 1 fully saturated rings. The molecular weight excluding hydrogens is 418 g/mol. The fourth-order valence-corrected chi connectivity index (χ4v) is 5.97. The van der Waals surface area contributed by atoms with E-state index in [0.717, 1.165) is 29.8 Å². The van der Waals surface area contributed by atoms with Gasteiger partial charge in [-0.3, -0.25) is 4.79 Å². The molecule has 0 aliphatic carbocycles. The van der Waals surface area contributed by atoms with Crippen molar-refractivity contribution in [1.82, 2.24) is 9.29 Å². The number of piperidine rings is 1. The Morgan fingerprint density at radius 1 is 1.00 bits per heavy atom. The molecule has 0 saturated carbocycles. The Kier molecular flexibility index (Phi) is 6.26. The van der Waals surface area contributed by atoms with Crippen LogP contribution in [0, 0.1) is 0 Å². The topological polar surface area (TPSA) is 79.4 Å². The zero-order valence-electron chi connectivity index (χ0n) is 16.5. The Morgan fingerprint density at radius 2 is 1.70 bits per heavy atom. The molecule has 4 rings (SSSR count). The molecule has 1 aromatic heterocycles. The number of hydrogen-bond acceptors (Lipinski definition) is 5. The van der Waals surface area contributed by atoms with Crippen molar-refractivity contribution in [3.05, 3.63) is 76.2 Å². The summed E-state index contributed by atoms with van der Waals surface area (Å²) in [5, 5.41) is 5.29. The van der Waals surface area contributed by atoms with Crippen molar-refractivity contribution in [2.24, 2.45) is 0 Å². The van der Waals surface area contributed by atoms with Gasteiger partial charge in [0.1, 0.15) is 10.6 Å². The number of aromatic nitrogens is 1. The lowest BCUT2D eigenvalue weighted by atomic mass is 10.2. The molecule has 0 spiro atoms. The van der Waals surface area contributed by atoms with Gasteiger partial charge in [0.2, 0.25) is 10.0 Å². The lowest BCUT2D eigenvalue weighted by molar-refractivity contribution is 0.102. The number of thiazole rings is 1. The summed E-state index contributed by atoms with van der Waals surface area (Å²) in [5.41, 5.74) is 1.69. The maximum absolute atomic E-state index is 13.1. The zero-order chi connectivity index (χ0) is 21.0. The molecule has 1 saturated heterocycles. The molecule has 1 aliphatic rings. The first-order valence-electron chi connectivity index (χ1n) is 9.93. The van der Waals surface area contributed by atoms with E-state index >= 15 is 0 Å². The Bertz CT molecular complexity index is 1120. The summed E-state index contributed by atoms with van der Waals surface area (Å²) in [5.74, 6) is -0.410. The van der Waals surface area contributed by atoms with Gasteiger partial charge in [0.15, 0.2) is 0 Å². The molecule has 0 unspecified atom stereocenters. The van der Waals surface area contributed by atoms with E-state index in [1.807, 2.05) is 30.3 Å². The Hall–Kier alpha value is -2.55. The number of hydrogen-bond donors (Lipinski definition) is 1. The number of benzene rings is 2. The number of rotatable bonds is 6. The van der Waals surface area contributed by atoms with E-state index in [-0.39, 0.29) is 16.3 Å². The monoisotopic (exact) mass is 441 g/mol. The maximum Gasteiger partial charge on any atom is 0.275 e. The van der Waals surface area contributed by atoms with E-state index in [1.165, 1.54) is 15.6 Å². The van der Waals surface area contributed by atoms with Gasteiger partial charge in [0, 0.05) is 24.9 Å². The minimum Gasteiger partial charge on any atom is -0.319 e. The van der Waals surface area contributed by atoms with Gasteiger partial charge in [-0.25, -0.2) is 13.4 Å². The van der Waals surface area contributed by atoms with E-state index in [9.17, 15) is 13.2 Å². The summed E-state index contributed by atoms with van der Waals surface area (Å²) in [6.07, 6.45) is 3.41. The Morgan fingerprint density at radius 3 is 2.47 bits per heavy atom. The molecule has 6 nitrogen and oxygen atoms in total. The summed E-state index contributed by atoms with van der Waals surface area (Å²) in [6.45, 7) is 1.03. The Balaban J connectivity index is 1.52. The normalized spacial score (nSPS) is 15.1. The molecular formula is C22H23N3O3S2. The SMILES string of the molecule is O=C(Nc1ccccc1S(=O)(=O)N1CCCCC1)c1csc(Cc2ccccc2)n1. The smallest absolute Gasteiger partial charge is 0.275 e. The van der Waals surface area contributed by atoms with E-state index in [1.54, 1.807) is 29.6 Å². The molecule has 0 atom stereocenters. The number of carbonyl (C=O) groups excluding carboxylic acids is 1. The van der Waals surface area contributed by atoms with Crippen LogP contribution in [0.25, 0.3) is 0 Å². The van der Waals surface area contributed by atoms with Crippen molar-refractivity contribution in [2.45, 2.75) is 30.6 Å². The molecule has 2 aromatic carbocycles. The second-order valence-corrected chi connectivity index (χ2v) is 10.1. The molecule has 3 aromatic rings. The van der Waals surface area contributed by atoms with E-state index in [0.29, 0.717) is 19.5 Å². The number of para-hydroxylation sites is 1. The predicted molar refractivity (Wildman–Crippen MR) is 118 cm³/mol. The van der Waals surface area contributed by atoms with Gasteiger partial charge in [-0.2, -0.15) is 4.31 Å². The van der Waals surface area contributed by atoms with Gasteiger partial charge in [-0.05, 0) is 30.5 Å². The maximum atomic E-state index is 13.1. The van der Waals surface area contributed by atoms with Crippen LogP contribution in [0.15, 0.2) is 64.9 Å². The lowest BCUT2D eigenvalue weighted by Crippen LogP contribution is -2.36. The molecule has 1 amide bonds. The quantitative estimate of drug-likeness (QED) is 0.623. The van der Waals surface area contributed by atoms with Crippen molar-refractivity contribution >= 4 is 33.0 Å². The fraction of sp³-hybridized carbons (Fsp3) is 0.273. The summed E-state index contributed by atoms with van der Waals surface area (Å²) in [6, 6.07) is 16.5. The van der Waals surface area contributed by atoms with Crippen LogP contribution in [0.5, 0.6) is 0 Å². The molecule has 1 aliphatic heterocycles. The summed E-state index contributed by atoms with van der Waals surface area (Å²) < 4.78 is 27.7.